The fourth-order valence-electron chi connectivity index (χ4n) is 2.80. The minimum atomic E-state index is -1.05. The van der Waals surface area contributed by atoms with E-state index in [0.29, 0.717) is 18.8 Å². The summed E-state index contributed by atoms with van der Waals surface area (Å²) in [7, 11) is 0. The summed E-state index contributed by atoms with van der Waals surface area (Å²) in [5.74, 6) is 0.366. The lowest BCUT2D eigenvalue weighted by atomic mass is 9.65. The second kappa shape index (κ2) is 3.09. The first-order chi connectivity index (χ1) is 5.75. The van der Waals surface area contributed by atoms with Gasteiger partial charge in [-0.25, -0.2) is 0 Å². The quantitative estimate of drug-likeness (QED) is 0.678. The first-order valence-corrected chi connectivity index (χ1v) is 4.99. The van der Waals surface area contributed by atoms with Gasteiger partial charge < -0.3 is 5.11 Å². The first kappa shape index (κ1) is 10.7. The average molecular weight is 184 g/mol. The molecule has 0 heterocycles. The normalized spacial score (nSPS) is 38.7. The van der Waals surface area contributed by atoms with Crippen molar-refractivity contribution in [2.45, 2.75) is 52.6 Å². The summed E-state index contributed by atoms with van der Waals surface area (Å²) >= 11 is 0. The van der Waals surface area contributed by atoms with Crippen LogP contribution in [0, 0.1) is 11.3 Å². The van der Waals surface area contributed by atoms with Gasteiger partial charge >= 0.3 is 0 Å². The van der Waals surface area contributed by atoms with E-state index in [0.717, 1.165) is 6.42 Å². The molecule has 1 aliphatic carbocycles. The largest absolute Gasteiger partial charge is 0.382 e. The highest BCUT2D eigenvalue weighted by atomic mass is 16.3. The van der Waals surface area contributed by atoms with E-state index in [4.69, 9.17) is 0 Å². The van der Waals surface area contributed by atoms with Crippen LogP contribution >= 0.6 is 0 Å². The fraction of sp³-hybridized carbons (Fsp3) is 0.909. The van der Waals surface area contributed by atoms with Crippen LogP contribution in [0.1, 0.15) is 47.0 Å². The van der Waals surface area contributed by atoms with Crippen molar-refractivity contribution in [1.29, 1.82) is 0 Å². The minimum absolute atomic E-state index is 0.0767. The zero-order chi connectivity index (χ0) is 10.3. The van der Waals surface area contributed by atoms with Crippen LogP contribution in [0.3, 0.4) is 0 Å². The van der Waals surface area contributed by atoms with E-state index in [9.17, 15) is 9.90 Å². The van der Waals surface area contributed by atoms with Gasteiger partial charge in [-0.3, -0.25) is 4.79 Å². The Balaban J connectivity index is 2.84. The molecule has 0 spiro atoms. The Labute approximate surface area is 80.3 Å². The van der Waals surface area contributed by atoms with Gasteiger partial charge in [0.2, 0.25) is 0 Å². The maximum Gasteiger partial charge on any atom is 0.161 e. The standard InChI is InChI=1S/C11H20O2/c1-8-5-10(3,4)7-11(13,6-8)9(2)12/h8,13H,5-7H2,1-4H3. The molecule has 0 radical (unpaired) electrons. The molecule has 0 aromatic rings. The Morgan fingerprint density at radius 3 is 2.31 bits per heavy atom. The molecule has 76 valence electrons. The molecule has 1 fully saturated rings. The molecule has 1 rings (SSSR count). The summed E-state index contributed by atoms with van der Waals surface area (Å²) in [5.41, 5.74) is -0.959. The maximum absolute atomic E-state index is 11.3. The van der Waals surface area contributed by atoms with Crippen LogP contribution in [-0.2, 0) is 4.79 Å². The lowest BCUT2D eigenvalue weighted by molar-refractivity contribution is -0.145. The Bertz CT molecular complexity index is 220. The molecule has 0 aromatic carbocycles. The molecular formula is C11H20O2. The van der Waals surface area contributed by atoms with Crippen LogP contribution in [0.25, 0.3) is 0 Å². The van der Waals surface area contributed by atoms with E-state index in [1.165, 1.54) is 6.92 Å². The van der Waals surface area contributed by atoms with Crippen LogP contribution in [0.4, 0.5) is 0 Å². The molecule has 0 aliphatic heterocycles. The van der Waals surface area contributed by atoms with Gasteiger partial charge in [-0.1, -0.05) is 20.8 Å². The zero-order valence-corrected chi connectivity index (χ0v) is 9.05. The SMILES string of the molecule is CC(=O)C1(O)CC(C)CC(C)(C)C1. The second-order valence-electron chi connectivity index (χ2n) is 5.44. The summed E-state index contributed by atoms with van der Waals surface area (Å²) < 4.78 is 0. The highest BCUT2D eigenvalue weighted by molar-refractivity contribution is 5.84. The number of ketones is 1. The number of rotatable bonds is 1. The van der Waals surface area contributed by atoms with E-state index >= 15 is 0 Å². The van der Waals surface area contributed by atoms with Crippen LogP contribution in [0.2, 0.25) is 0 Å². The molecule has 1 N–H and O–H groups in total. The van der Waals surface area contributed by atoms with E-state index in [1.807, 2.05) is 0 Å². The minimum Gasteiger partial charge on any atom is -0.382 e. The van der Waals surface area contributed by atoms with E-state index in [2.05, 4.69) is 20.8 Å². The smallest absolute Gasteiger partial charge is 0.161 e. The summed E-state index contributed by atoms with van der Waals surface area (Å²) in [6, 6.07) is 0. The van der Waals surface area contributed by atoms with E-state index in [1.54, 1.807) is 0 Å². The van der Waals surface area contributed by atoms with Crippen LogP contribution in [0.5, 0.6) is 0 Å². The van der Waals surface area contributed by atoms with Crippen LogP contribution in [-0.4, -0.2) is 16.5 Å². The third-order valence-corrected chi connectivity index (χ3v) is 3.01. The van der Waals surface area contributed by atoms with Crippen molar-refractivity contribution in [3.63, 3.8) is 0 Å². The molecule has 0 bridgehead atoms. The van der Waals surface area contributed by atoms with Crippen molar-refractivity contribution in [1.82, 2.24) is 0 Å². The van der Waals surface area contributed by atoms with Crippen molar-refractivity contribution < 1.29 is 9.90 Å². The average Bonchev–Trinajstić information content (AvgIpc) is 1.79. The summed E-state index contributed by atoms with van der Waals surface area (Å²) in [6.45, 7) is 7.84. The predicted octanol–water partition coefficient (Wildman–Crippen LogP) is 2.15. The lowest BCUT2D eigenvalue weighted by Crippen LogP contribution is -2.47. The highest BCUT2D eigenvalue weighted by Crippen LogP contribution is 2.44. The van der Waals surface area contributed by atoms with Crippen molar-refractivity contribution in [2.24, 2.45) is 11.3 Å². The third-order valence-electron chi connectivity index (χ3n) is 3.01. The van der Waals surface area contributed by atoms with Crippen molar-refractivity contribution in [2.75, 3.05) is 0 Å². The Morgan fingerprint density at radius 1 is 1.38 bits per heavy atom. The van der Waals surface area contributed by atoms with Gasteiger partial charge in [-0.15, -0.1) is 0 Å². The zero-order valence-electron chi connectivity index (χ0n) is 9.05. The first-order valence-electron chi connectivity index (χ1n) is 4.99. The molecule has 1 aliphatic rings. The van der Waals surface area contributed by atoms with Gasteiger partial charge in [-0.05, 0) is 37.5 Å². The van der Waals surface area contributed by atoms with E-state index < -0.39 is 5.60 Å². The number of hydrogen-bond donors (Lipinski definition) is 1. The molecule has 2 nitrogen and oxygen atoms in total. The molecule has 2 atom stereocenters. The molecular weight excluding hydrogens is 164 g/mol. The Hall–Kier alpha value is -0.370. The van der Waals surface area contributed by atoms with Gasteiger partial charge in [-0.2, -0.15) is 0 Å². The highest BCUT2D eigenvalue weighted by Gasteiger charge is 2.44. The fourth-order valence-corrected chi connectivity index (χ4v) is 2.80. The van der Waals surface area contributed by atoms with Crippen LogP contribution in [0.15, 0.2) is 0 Å². The summed E-state index contributed by atoms with van der Waals surface area (Å²) in [4.78, 5) is 11.3. The van der Waals surface area contributed by atoms with Gasteiger partial charge in [0.05, 0.1) is 0 Å². The summed E-state index contributed by atoms with van der Waals surface area (Å²) in [5, 5.41) is 10.1. The maximum atomic E-state index is 11.3. The van der Waals surface area contributed by atoms with Gasteiger partial charge in [0.15, 0.2) is 5.78 Å². The topological polar surface area (TPSA) is 37.3 Å². The summed E-state index contributed by atoms with van der Waals surface area (Å²) in [6.07, 6.45) is 2.34. The molecule has 2 unspecified atom stereocenters. The van der Waals surface area contributed by atoms with Crippen LogP contribution < -0.4 is 0 Å². The monoisotopic (exact) mass is 184 g/mol. The van der Waals surface area contributed by atoms with Crippen molar-refractivity contribution in [3.8, 4) is 0 Å². The predicted molar refractivity (Wildman–Crippen MR) is 52.4 cm³/mol. The second-order valence-corrected chi connectivity index (χ2v) is 5.44. The Kier molecular flexibility index (Phi) is 2.54. The van der Waals surface area contributed by atoms with Gasteiger partial charge in [0, 0.05) is 0 Å². The third kappa shape index (κ3) is 2.31. The number of aliphatic hydroxyl groups is 1. The molecule has 0 amide bonds. The van der Waals surface area contributed by atoms with Crippen molar-refractivity contribution in [3.05, 3.63) is 0 Å². The van der Waals surface area contributed by atoms with E-state index in [-0.39, 0.29) is 11.2 Å². The molecule has 2 heteroatoms. The lowest BCUT2D eigenvalue weighted by Gasteiger charge is -2.43. The molecule has 0 aromatic heterocycles. The number of hydrogen-bond acceptors (Lipinski definition) is 2. The van der Waals surface area contributed by atoms with Gasteiger partial charge in [0.25, 0.3) is 0 Å². The van der Waals surface area contributed by atoms with Gasteiger partial charge in [0.1, 0.15) is 5.60 Å². The van der Waals surface area contributed by atoms with Crippen molar-refractivity contribution >= 4 is 5.78 Å². The number of Topliss-reactive ketones (excluding diaryl/α,β-unsaturated/α-hetero) is 1. The molecule has 0 saturated heterocycles. The Morgan fingerprint density at radius 2 is 1.92 bits per heavy atom. The molecule has 13 heavy (non-hydrogen) atoms. The number of carbonyl (C=O) groups excluding carboxylic acids is 1. The molecule has 1 saturated carbocycles. The number of carbonyl (C=O) groups is 1.